The van der Waals surface area contributed by atoms with Crippen molar-refractivity contribution in [1.82, 2.24) is 34.1 Å². The number of piperidine rings is 1. The molecular weight excluding hydrogens is 554 g/mol. The number of nitrogens with zero attached hydrogens (tertiary/aromatic N) is 9. The summed E-state index contributed by atoms with van der Waals surface area (Å²) in [5.74, 6) is -0.482. The topological polar surface area (TPSA) is 119 Å². The molecule has 6 rings (SSSR count). The zero-order valence-electron chi connectivity index (χ0n) is 23.9. The van der Waals surface area contributed by atoms with Gasteiger partial charge in [-0.3, -0.25) is 9.20 Å². The number of aromatic nitrogens is 5. The molecule has 43 heavy (non-hydrogen) atoms. The van der Waals surface area contributed by atoms with Gasteiger partial charge in [-0.2, -0.15) is 5.26 Å². The summed E-state index contributed by atoms with van der Waals surface area (Å²) in [6, 6.07) is 8.02. The van der Waals surface area contributed by atoms with E-state index in [9.17, 15) is 9.18 Å². The molecule has 4 aromatic heterocycles. The number of hydrogen-bond acceptors (Lipinski definition) is 9. The molecule has 13 heteroatoms. The molecule has 0 aliphatic carbocycles. The van der Waals surface area contributed by atoms with Crippen LogP contribution in [0.1, 0.15) is 25.7 Å². The van der Waals surface area contributed by atoms with E-state index in [1.54, 1.807) is 23.2 Å². The normalized spacial score (nSPS) is 18.0. The average Bonchev–Trinajstić information content (AvgIpc) is 3.30. The number of likely N-dealkylation sites (tertiary alicyclic amines) is 1. The van der Waals surface area contributed by atoms with Gasteiger partial charge >= 0.3 is 0 Å². The Bertz CT molecular complexity index is 1690. The van der Waals surface area contributed by atoms with E-state index in [0.29, 0.717) is 42.8 Å². The number of rotatable bonds is 6. The Morgan fingerprint density at radius 1 is 1.09 bits per heavy atom. The summed E-state index contributed by atoms with van der Waals surface area (Å²) in [6.45, 7) is 4.38. The summed E-state index contributed by atoms with van der Waals surface area (Å²) in [6.07, 6.45) is 6.65. The number of anilines is 2. The molecule has 1 N–H and O–H groups in total. The molecule has 0 spiro atoms. The maximum atomic E-state index is 16.3. The molecule has 0 saturated carbocycles. The molecular formula is C30H32F2N10O. The fraction of sp³-hybridized carbons (Fsp3) is 0.400. The molecule has 2 saturated heterocycles. The van der Waals surface area contributed by atoms with Gasteiger partial charge in [-0.05, 0) is 57.1 Å². The highest BCUT2D eigenvalue weighted by molar-refractivity contribution is 5.78. The van der Waals surface area contributed by atoms with Gasteiger partial charge in [-0.25, -0.2) is 28.7 Å². The van der Waals surface area contributed by atoms with Crippen molar-refractivity contribution in [1.29, 1.82) is 5.26 Å². The van der Waals surface area contributed by atoms with E-state index in [4.69, 9.17) is 5.26 Å². The van der Waals surface area contributed by atoms with Gasteiger partial charge in [0.15, 0.2) is 17.5 Å². The van der Waals surface area contributed by atoms with E-state index in [0.717, 1.165) is 38.4 Å². The number of likely N-dealkylation sites (N-methyl/N-ethyl adjacent to an activating group) is 1. The minimum absolute atomic E-state index is 0.0271. The van der Waals surface area contributed by atoms with Crippen LogP contribution in [0, 0.1) is 23.0 Å². The standard InChI is InChI=1S/C30H32F2N10O/c1-39-11-3-13-40(15-14-39)25-16-20(8-10-34-25)28-27(32)30(36-22-4-2-12-41(19-22)26(43)7-9-33)38-29(37-28)23-17-35-24-6-5-21(31)18-42(23)24/h5-6,8,10,16-18,22H,2-4,7,11-15,19H2,1H3,(H,36,37,38). The molecule has 6 heterocycles. The first-order valence-corrected chi connectivity index (χ1v) is 14.4. The molecule has 1 unspecified atom stereocenters. The van der Waals surface area contributed by atoms with Crippen molar-refractivity contribution < 1.29 is 13.6 Å². The number of halogens is 2. The number of carbonyl (C=O) groups is 1. The second kappa shape index (κ2) is 12.3. The van der Waals surface area contributed by atoms with Gasteiger partial charge in [-0.1, -0.05) is 0 Å². The summed E-state index contributed by atoms with van der Waals surface area (Å²) < 4.78 is 32.1. The number of nitriles is 1. The third-order valence-electron chi connectivity index (χ3n) is 7.96. The molecule has 2 fully saturated rings. The molecule has 1 amide bonds. The lowest BCUT2D eigenvalue weighted by atomic mass is 10.0. The van der Waals surface area contributed by atoms with Gasteiger partial charge in [0, 0.05) is 56.7 Å². The predicted molar refractivity (Wildman–Crippen MR) is 157 cm³/mol. The lowest BCUT2D eigenvalue weighted by Gasteiger charge is -2.33. The van der Waals surface area contributed by atoms with Crippen LogP contribution in [-0.2, 0) is 4.79 Å². The Morgan fingerprint density at radius 2 is 1.98 bits per heavy atom. The molecule has 2 aliphatic rings. The third kappa shape index (κ3) is 6.10. The quantitative estimate of drug-likeness (QED) is 0.362. The summed E-state index contributed by atoms with van der Waals surface area (Å²) in [5, 5.41) is 12.2. The van der Waals surface area contributed by atoms with E-state index in [-0.39, 0.29) is 35.7 Å². The van der Waals surface area contributed by atoms with Gasteiger partial charge in [0.2, 0.25) is 5.91 Å². The first kappa shape index (κ1) is 28.4. The van der Waals surface area contributed by atoms with Crippen LogP contribution >= 0.6 is 0 Å². The summed E-state index contributed by atoms with van der Waals surface area (Å²) in [4.78, 5) is 36.6. The zero-order chi connectivity index (χ0) is 29.9. The number of imidazole rings is 1. The van der Waals surface area contributed by atoms with Crippen molar-refractivity contribution in [3.63, 3.8) is 0 Å². The van der Waals surface area contributed by atoms with E-state index >= 15 is 4.39 Å². The molecule has 4 aromatic rings. The van der Waals surface area contributed by atoms with Crippen LogP contribution in [0.3, 0.4) is 0 Å². The molecule has 222 valence electrons. The van der Waals surface area contributed by atoms with E-state index in [2.05, 4.69) is 42.1 Å². The Labute approximate surface area is 247 Å². The zero-order valence-corrected chi connectivity index (χ0v) is 23.9. The number of carbonyl (C=O) groups excluding carboxylic acids is 1. The second-order valence-electron chi connectivity index (χ2n) is 11.0. The van der Waals surface area contributed by atoms with Crippen LogP contribution in [0.15, 0.2) is 42.9 Å². The first-order valence-electron chi connectivity index (χ1n) is 14.4. The number of nitrogens with one attached hydrogen (secondary N) is 1. The predicted octanol–water partition coefficient (Wildman–Crippen LogP) is 3.59. The highest BCUT2D eigenvalue weighted by Gasteiger charge is 2.27. The van der Waals surface area contributed by atoms with Crippen molar-refractivity contribution >= 4 is 23.2 Å². The molecule has 1 atom stereocenters. The van der Waals surface area contributed by atoms with E-state index in [1.807, 2.05) is 12.1 Å². The van der Waals surface area contributed by atoms with Gasteiger partial charge in [-0.15, -0.1) is 0 Å². The molecule has 0 aromatic carbocycles. The van der Waals surface area contributed by atoms with Gasteiger partial charge in [0.05, 0.1) is 12.3 Å². The van der Waals surface area contributed by atoms with Crippen LogP contribution in [-0.4, -0.2) is 92.4 Å². The SMILES string of the molecule is CN1CCCN(c2cc(-c3nc(-c4cnc5ccc(F)cn45)nc(NC4CCCN(C(=O)CC#N)C4)c3F)ccn2)CC1. The Kier molecular flexibility index (Phi) is 8.11. The van der Waals surface area contributed by atoms with Gasteiger partial charge in [0.1, 0.15) is 35.1 Å². The van der Waals surface area contributed by atoms with E-state index in [1.165, 1.54) is 22.9 Å². The van der Waals surface area contributed by atoms with Gasteiger partial charge < -0.3 is 20.0 Å². The summed E-state index contributed by atoms with van der Waals surface area (Å²) >= 11 is 0. The lowest BCUT2D eigenvalue weighted by Crippen LogP contribution is -2.45. The van der Waals surface area contributed by atoms with E-state index < -0.39 is 11.6 Å². The Morgan fingerprint density at radius 3 is 2.84 bits per heavy atom. The first-order chi connectivity index (χ1) is 20.9. The van der Waals surface area contributed by atoms with Crippen molar-refractivity contribution in [3.8, 4) is 28.8 Å². The summed E-state index contributed by atoms with van der Waals surface area (Å²) in [7, 11) is 2.09. The van der Waals surface area contributed by atoms with Crippen LogP contribution in [0.2, 0.25) is 0 Å². The highest BCUT2D eigenvalue weighted by Crippen LogP contribution is 2.31. The number of pyridine rings is 2. The maximum Gasteiger partial charge on any atom is 0.236 e. The lowest BCUT2D eigenvalue weighted by molar-refractivity contribution is -0.131. The molecule has 2 aliphatic heterocycles. The monoisotopic (exact) mass is 586 g/mol. The van der Waals surface area contributed by atoms with Crippen molar-refractivity contribution in [2.75, 3.05) is 56.5 Å². The minimum Gasteiger partial charge on any atom is -0.363 e. The smallest absolute Gasteiger partial charge is 0.236 e. The molecule has 0 radical (unpaired) electrons. The number of amides is 1. The number of hydrogen-bond donors (Lipinski definition) is 1. The second-order valence-corrected chi connectivity index (χ2v) is 11.0. The highest BCUT2D eigenvalue weighted by atomic mass is 19.1. The van der Waals surface area contributed by atoms with Crippen LogP contribution in [0.4, 0.5) is 20.4 Å². The van der Waals surface area contributed by atoms with Crippen LogP contribution in [0.25, 0.3) is 28.4 Å². The fourth-order valence-corrected chi connectivity index (χ4v) is 5.68. The van der Waals surface area contributed by atoms with Crippen molar-refractivity contribution in [3.05, 3.63) is 54.5 Å². The third-order valence-corrected chi connectivity index (χ3v) is 7.96. The minimum atomic E-state index is -0.642. The fourth-order valence-electron chi connectivity index (χ4n) is 5.68. The molecule has 0 bridgehead atoms. The number of fused-ring (bicyclic) bond motifs is 1. The summed E-state index contributed by atoms with van der Waals surface area (Å²) in [5.41, 5.74) is 1.50. The van der Waals surface area contributed by atoms with Crippen molar-refractivity contribution in [2.45, 2.75) is 31.7 Å². The Balaban J connectivity index is 1.40. The average molecular weight is 587 g/mol. The maximum absolute atomic E-state index is 16.3. The van der Waals surface area contributed by atoms with Gasteiger partial charge in [0.25, 0.3) is 0 Å². The van der Waals surface area contributed by atoms with Crippen LogP contribution < -0.4 is 10.2 Å². The molecule has 11 nitrogen and oxygen atoms in total. The Hall–Kier alpha value is -4.70. The largest absolute Gasteiger partial charge is 0.363 e. The van der Waals surface area contributed by atoms with Crippen molar-refractivity contribution in [2.24, 2.45) is 0 Å². The van der Waals surface area contributed by atoms with Crippen LogP contribution in [0.5, 0.6) is 0 Å².